The maximum absolute atomic E-state index is 5.61. The molecule has 0 spiro atoms. The van der Waals surface area contributed by atoms with E-state index in [1.807, 2.05) is 0 Å². The topological polar surface area (TPSA) is 21.3 Å². The fourth-order valence-electron chi connectivity index (χ4n) is 2.99. The third-order valence-corrected chi connectivity index (χ3v) is 4.33. The highest BCUT2D eigenvalue weighted by molar-refractivity contribution is 5.39. The van der Waals surface area contributed by atoms with Crippen molar-refractivity contribution < 1.29 is 4.74 Å². The van der Waals surface area contributed by atoms with Crippen LogP contribution in [0.5, 0.6) is 5.75 Å². The van der Waals surface area contributed by atoms with Gasteiger partial charge in [0.1, 0.15) is 5.75 Å². The second kappa shape index (κ2) is 9.83. The van der Waals surface area contributed by atoms with E-state index in [4.69, 9.17) is 4.74 Å². The van der Waals surface area contributed by atoms with Gasteiger partial charge in [-0.3, -0.25) is 0 Å². The van der Waals surface area contributed by atoms with Crippen molar-refractivity contribution in [3.05, 3.63) is 29.3 Å². The number of benzene rings is 1. The Balaban J connectivity index is 2.89. The van der Waals surface area contributed by atoms with Crippen molar-refractivity contribution >= 4 is 0 Å². The number of hydrogen-bond donors (Lipinski definition) is 1. The van der Waals surface area contributed by atoms with E-state index in [0.717, 1.165) is 18.2 Å². The van der Waals surface area contributed by atoms with Crippen LogP contribution in [0.1, 0.15) is 70.0 Å². The van der Waals surface area contributed by atoms with Crippen LogP contribution in [0.25, 0.3) is 0 Å². The number of hydrogen-bond acceptors (Lipinski definition) is 2. The maximum atomic E-state index is 5.61. The highest BCUT2D eigenvalue weighted by Crippen LogP contribution is 2.32. The molecule has 1 aromatic rings. The predicted octanol–water partition coefficient (Wildman–Crippen LogP) is 5.26. The van der Waals surface area contributed by atoms with Crippen LogP contribution in [0.4, 0.5) is 0 Å². The van der Waals surface area contributed by atoms with E-state index >= 15 is 0 Å². The van der Waals surface area contributed by atoms with E-state index in [1.54, 1.807) is 7.11 Å². The molecule has 0 aliphatic rings. The zero-order valence-corrected chi connectivity index (χ0v) is 14.5. The first-order valence-corrected chi connectivity index (χ1v) is 8.54. The van der Waals surface area contributed by atoms with E-state index in [1.165, 1.54) is 43.2 Å². The molecule has 1 aromatic carbocycles. The van der Waals surface area contributed by atoms with Crippen molar-refractivity contribution in [1.82, 2.24) is 5.32 Å². The zero-order valence-electron chi connectivity index (χ0n) is 14.5. The second-order valence-electron chi connectivity index (χ2n) is 6.01. The second-order valence-corrected chi connectivity index (χ2v) is 6.01. The predicted molar refractivity (Wildman–Crippen MR) is 92.1 cm³/mol. The van der Waals surface area contributed by atoms with Gasteiger partial charge in [0.2, 0.25) is 0 Å². The van der Waals surface area contributed by atoms with Crippen molar-refractivity contribution in [2.24, 2.45) is 5.92 Å². The molecule has 0 fully saturated rings. The summed E-state index contributed by atoms with van der Waals surface area (Å²) in [5.41, 5.74) is 2.56. The molecule has 0 saturated heterocycles. The molecule has 21 heavy (non-hydrogen) atoms. The van der Waals surface area contributed by atoms with Gasteiger partial charge in [0.25, 0.3) is 0 Å². The summed E-state index contributed by atoms with van der Waals surface area (Å²) in [5.74, 6) is 1.81. The summed E-state index contributed by atoms with van der Waals surface area (Å²) in [5, 5.41) is 3.65. The summed E-state index contributed by atoms with van der Waals surface area (Å²) in [6.45, 7) is 9.88. The number of aryl methyl sites for hydroxylation is 1. The standard InChI is InChI=1S/C19H33NO/c1-6-9-10-16(7-2)14-18(20-8-3)17-12-11-15(4)13-19(17)21-5/h11-13,16,18,20H,6-10,14H2,1-5H3. The normalized spacial score (nSPS) is 14.0. The molecule has 0 aromatic heterocycles. The number of unbranched alkanes of at least 4 members (excludes halogenated alkanes) is 1. The molecule has 2 nitrogen and oxygen atoms in total. The summed E-state index contributed by atoms with van der Waals surface area (Å²) < 4.78 is 5.61. The summed E-state index contributed by atoms with van der Waals surface area (Å²) in [7, 11) is 1.77. The Bertz CT molecular complexity index is 403. The Morgan fingerprint density at radius 3 is 2.52 bits per heavy atom. The Morgan fingerprint density at radius 2 is 1.95 bits per heavy atom. The molecule has 1 rings (SSSR count). The highest BCUT2D eigenvalue weighted by Gasteiger charge is 2.19. The third kappa shape index (κ3) is 5.70. The van der Waals surface area contributed by atoms with Crippen molar-refractivity contribution in [2.45, 2.75) is 65.8 Å². The number of methoxy groups -OCH3 is 1. The lowest BCUT2D eigenvalue weighted by atomic mass is 9.88. The van der Waals surface area contributed by atoms with Crippen LogP contribution in [0, 0.1) is 12.8 Å². The van der Waals surface area contributed by atoms with Gasteiger partial charge in [0.05, 0.1) is 7.11 Å². The first kappa shape index (κ1) is 18.0. The van der Waals surface area contributed by atoms with Gasteiger partial charge < -0.3 is 10.1 Å². The lowest BCUT2D eigenvalue weighted by molar-refractivity contribution is 0.344. The van der Waals surface area contributed by atoms with Crippen LogP contribution in [0.2, 0.25) is 0 Å². The van der Waals surface area contributed by atoms with E-state index in [-0.39, 0.29) is 0 Å². The quantitative estimate of drug-likeness (QED) is 0.635. The average molecular weight is 291 g/mol. The molecule has 0 aliphatic heterocycles. The first-order chi connectivity index (χ1) is 10.2. The molecule has 2 unspecified atom stereocenters. The monoisotopic (exact) mass is 291 g/mol. The molecule has 0 amide bonds. The van der Waals surface area contributed by atoms with Gasteiger partial charge in [0, 0.05) is 11.6 Å². The van der Waals surface area contributed by atoms with Gasteiger partial charge in [-0.1, -0.05) is 58.6 Å². The summed E-state index contributed by atoms with van der Waals surface area (Å²) >= 11 is 0. The number of rotatable bonds is 10. The van der Waals surface area contributed by atoms with Crippen LogP contribution in [0.3, 0.4) is 0 Å². The fraction of sp³-hybridized carbons (Fsp3) is 0.684. The van der Waals surface area contributed by atoms with Crippen molar-refractivity contribution in [3.63, 3.8) is 0 Å². The lowest BCUT2D eigenvalue weighted by Crippen LogP contribution is -2.24. The molecule has 2 atom stereocenters. The smallest absolute Gasteiger partial charge is 0.123 e. The average Bonchev–Trinajstić information content (AvgIpc) is 2.50. The Kier molecular flexibility index (Phi) is 8.44. The minimum Gasteiger partial charge on any atom is -0.496 e. The van der Waals surface area contributed by atoms with Crippen molar-refractivity contribution in [1.29, 1.82) is 0 Å². The minimum absolute atomic E-state index is 0.396. The van der Waals surface area contributed by atoms with E-state index < -0.39 is 0 Å². The zero-order chi connectivity index (χ0) is 15.7. The van der Waals surface area contributed by atoms with Crippen molar-refractivity contribution in [2.75, 3.05) is 13.7 Å². The Labute approximate surface area is 131 Å². The molecule has 120 valence electrons. The van der Waals surface area contributed by atoms with Gasteiger partial charge in [-0.15, -0.1) is 0 Å². The number of ether oxygens (including phenoxy) is 1. The molecule has 2 heteroatoms. The van der Waals surface area contributed by atoms with Gasteiger partial charge in [0.15, 0.2) is 0 Å². The molecule has 0 radical (unpaired) electrons. The lowest BCUT2D eigenvalue weighted by Gasteiger charge is -2.25. The largest absolute Gasteiger partial charge is 0.496 e. The SMILES string of the molecule is CCCCC(CC)CC(NCC)c1ccc(C)cc1OC. The van der Waals surface area contributed by atoms with Crippen LogP contribution >= 0.6 is 0 Å². The summed E-state index contributed by atoms with van der Waals surface area (Å²) in [4.78, 5) is 0. The Morgan fingerprint density at radius 1 is 1.19 bits per heavy atom. The fourth-order valence-corrected chi connectivity index (χ4v) is 2.99. The Hall–Kier alpha value is -1.02. The van der Waals surface area contributed by atoms with Gasteiger partial charge in [-0.05, 0) is 37.4 Å². The minimum atomic E-state index is 0.396. The third-order valence-electron chi connectivity index (χ3n) is 4.33. The van der Waals surface area contributed by atoms with Gasteiger partial charge >= 0.3 is 0 Å². The molecular formula is C19H33NO. The van der Waals surface area contributed by atoms with Crippen LogP contribution in [-0.4, -0.2) is 13.7 Å². The van der Waals surface area contributed by atoms with Crippen LogP contribution < -0.4 is 10.1 Å². The highest BCUT2D eigenvalue weighted by atomic mass is 16.5. The van der Waals surface area contributed by atoms with Gasteiger partial charge in [-0.2, -0.15) is 0 Å². The van der Waals surface area contributed by atoms with E-state index in [0.29, 0.717) is 6.04 Å². The van der Waals surface area contributed by atoms with Crippen LogP contribution in [0.15, 0.2) is 18.2 Å². The molecule has 0 aliphatic carbocycles. The molecule has 1 N–H and O–H groups in total. The molecule has 0 bridgehead atoms. The van der Waals surface area contributed by atoms with E-state index in [9.17, 15) is 0 Å². The van der Waals surface area contributed by atoms with Crippen molar-refractivity contribution in [3.8, 4) is 5.75 Å². The molecule has 0 saturated carbocycles. The number of nitrogens with one attached hydrogen (secondary N) is 1. The molecule has 0 heterocycles. The summed E-state index contributed by atoms with van der Waals surface area (Å²) in [6, 6.07) is 6.96. The summed E-state index contributed by atoms with van der Waals surface area (Å²) in [6.07, 6.45) is 6.42. The van der Waals surface area contributed by atoms with Gasteiger partial charge in [-0.25, -0.2) is 0 Å². The maximum Gasteiger partial charge on any atom is 0.123 e. The molecular weight excluding hydrogens is 258 g/mol. The van der Waals surface area contributed by atoms with Crippen LogP contribution in [-0.2, 0) is 0 Å². The first-order valence-electron chi connectivity index (χ1n) is 8.54. The van der Waals surface area contributed by atoms with E-state index in [2.05, 4.69) is 51.2 Å².